The number of hydrogen-bond acceptors (Lipinski definition) is 2. The van der Waals surface area contributed by atoms with Gasteiger partial charge in [0.05, 0.1) is 5.56 Å². The van der Waals surface area contributed by atoms with Gasteiger partial charge in [0.2, 0.25) is 0 Å². The number of alkyl halides is 3. The molecule has 0 spiro atoms. The average molecular weight is 270 g/mol. The van der Waals surface area contributed by atoms with Crippen LogP contribution in [0.15, 0.2) is 42.5 Å². The Kier molecular flexibility index (Phi) is 3.33. The van der Waals surface area contributed by atoms with Crippen molar-refractivity contribution in [1.82, 2.24) is 0 Å². The Labute approximate surface area is 106 Å². The third kappa shape index (κ3) is 3.15. The van der Waals surface area contributed by atoms with Gasteiger partial charge in [0, 0.05) is 17.1 Å². The van der Waals surface area contributed by atoms with E-state index < -0.39 is 17.6 Å². The number of benzene rings is 2. The van der Waals surface area contributed by atoms with Crippen LogP contribution >= 0.6 is 0 Å². The first-order valence-electron chi connectivity index (χ1n) is 5.35. The Hall–Kier alpha value is -2.24. The molecule has 19 heavy (non-hydrogen) atoms. The van der Waals surface area contributed by atoms with Crippen molar-refractivity contribution in [2.75, 3.05) is 11.1 Å². The summed E-state index contributed by atoms with van der Waals surface area (Å²) in [6, 6.07) is 9.25. The minimum absolute atomic E-state index is 0.138. The molecule has 0 amide bonds. The maximum atomic E-state index is 13.1. The summed E-state index contributed by atoms with van der Waals surface area (Å²) in [4.78, 5) is 0. The molecule has 0 bridgehead atoms. The van der Waals surface area contributed by atoms with Gasteiger partial charge in [0.15, 0.2) is 0 Å². The maximum absolute atomic E-state index is 13.1. The summed E-state index contributed by atoms with van der Waals surface area (Å²) < 4.78 is 50.7. The van der Waals surface area contributed by atoms with Crippen LogP contribution in [0.3, 0.4) is 0 Å². The fraction of sp³-hybridized carbons (Fsp3) is 0.0769. The van der Waals surface area contributed by atoms with Crippen molar-refractivity contribution in [2.24, 2.45) is 0 Å². The van der Waals surface area contributed by atoms with Crippen molar-refractivity contribution in [3.8, 4) is 0 Å². The van der Waals surface area contributed by atoms with E-state index >= 15 is 0 Å². The lowest BCUT2D eigenvalue weighted by Crippen LogP contribution is -2.08. The van der Waals surface area contributed by atoms with E-state index in [2.05, 4.69) is 5.32 Å². The lowest BCUT2D eigenvalue weighted by Gasteiger charge is -2.12. The Morgan fingerprint density at radius 3 is 2.26 bits per heavy atom. The normalized spacial score (nSPS) is 11.4. The van der Waals surface area contributed by atoms with Gasteiger partial charge >= 0.3 is 6.18 Å². The second-order valence-electron chi connectivity index (χ2n) is 3.94. The van der Waals surface area contributed by atoms with E-state index in [0.717, 1.165) is 12.1 Å². The Bertz CT molecular complexity index is 593. The van der Waals surface area contributed by atoms with Crippen molar-refractivity contribution in [1.29, 1.82) is 0 Å². The summed E-state index contributed by atoms with van der Waals surface area (Å²) >= 11 is 0. The standard InChI is InChI=1S/C13H10F4N2/c14-12-5-4-10(7-11(12)13(15,16)17)19-9-3-1-2-8(18)6-9/h1-7,19H,18H2. The summed E-state index contributed by atoms with van der Waals surface area (Å²) in [5.41, 5.74) is 5.39. The van der Waals surface area contributed by atoms with Crippen molar-refractivity contribution in [3.05, 3.63) is 53.8 Å². The maximum Gasteiger partial charge on any atom is 0.419 e. The molecule has 0 unspecified atom stereocenters. The number of halogens is 4. The molecule has 6 heteroatoms. The molecule has 0 aliphatic carbocycles. The largest absolute Gasteiger partial charge is 0.419 e. The molecule has 0 radical (unpaired) electrons. The molecular formula is C13H10F4N2. The molecule has 0 fully saturated rings. The smallest absolute Gasteiger partial charge is 0.399 e. The first-order chi connectivity index (χ1) is 8.86. The monoisotopic (exact) mass is 270 g/mol. The zero-order chi connectivity index (χ0) is 14.0. The lowest BCUT2D eigenvalue weighted by molar-refractivity contribution is -0.139. The van der Waals surface area contributed by atoms with Gasteiger partial charge in [-0.2, -0.15) is 13.2 Å². The highest BCUT2D eigenvalue weighted by atomic mass is 19.4. The van der Waals surface area contributed by atoms with Crippen LogP contribution in [0.4, 0.5) is 34.6 Å². The SMILES string of the molecule is Nc1cccc(Nc2ccc(F)c(C(F)(F)F)c2)c1. The van der Waals surface area contributed by atoms with Crippen LogP contribution < -0.4 is 11.1 Å². The van der Waals surface area contributed by atoms with E-state index in [0.29, 0.717) is 11.4 Å². The van der Waals surface area contributed by atoms with Crippen LogP contribution in [-0.4, -0.2) is 0 Å². The van der Waals surface area contributed by atoms with Crippen LogP contribution in [0.1, 0.15) is 5.56 Å². The highest BCUT2D eigenvalue weighted by molar-refractivity contribution is 5.64. The molecule has 0 aromatic heterocycles. The van der Waals surface area contributed by atoms with E-state index in [1.54, 1.807) is 24.3 Å². The van der Waals surface area contributed by atoms with Crippen LogP contribution in [0.2, 0.25) is 0 Å². The minimum Gasteiger partial charge on any atom is -0.399 e. The summed E-state index contributed by atoms with van der Waals surface area (Å²) in [5, 5.41) is 2.74. The molecule has 2 aromatic carbocycles. The lowest BCUT2D eigenvalue weighted by atomic mass is 10.1. The fourth-order valence-corrected chi connectivity index (χ4v) is 1.60. The molecule has 100 valence electrons. The van der Waals surface area contributed by atoms with Gasteiger partial charge in [-0.15, -0.1) is 0 Å². The highest BCUT2D eigenvalue weighted by Gasteiger charge is 2.34. The van der Waals surface area contributed by atoms with Crippen molar-refractivity contribution >= 4 is 17.1 Å². The molecular weight excluding hydrogens is 260 g/mol. The molecule has 0 aliphatic heterocycles. The van der Waals surface area contributed by atoms with Gasteiger partial charge in [-0.25, -0.2) is 4.39 Å². The van der Waals surface area contributed by atoms with E-state index in [-0.39, 0.29) is 5.69 Å². The summed E-state index contributed by atoms with van der Waals surface area (Å²) in [5.74, 6) is -1.30. The number of nitrogens with two attached hydrogens (primary N) is 1. The summed E-state index contributed by atoms with van der Waals surface area (Å²) in [7, 11) is 0. The third-order valence-electron chi connectivity index (χ3n) is 2.45. The first-order valence-corrected chi connectivity index (χ1v) is 5.35. The Balaban J connectivity index is 2.32. The molecule has 0 aliphatic rings. The zero-order valence-electron chi connectivity index (χ0n) is 9.63. The number of anilines is 3. The highest BCUT2D eigenvalue weighted by Crippen LogP contribution is 2.33. The van der Waals surface area contributed by atoms with Crippen LogP contribution in [0.25, 0.3) is 0 Å². The van der Waals surface area contributed by atoms with Gasteiger partial charge in [-0.1, -0.05) is 6.07 Å². The van der Waals surface area contributed by atoms with Crippen LogP contribution in [0, 0.1) is 5.82 Å². The number of hydrogen-bond donors (Lipinski definition) is 2. The molecule has 2 nitrogen and oxygen atoms in total. The van der Waals surface area contributed by atoms with E-state index in [4.69, 9.17) is 5.73 Å². The first kappa shape index (κ1) is 13.2. The molecule has 2 rings (SSSR count). The number of nitrogens with one attached hydrogen (secondary N) is 1. The quantitative estimate of drug-likeness (QED) is 0.635. The molecule has 0 heterocycles. The third-order valence-corrected chi connectivity index (χ3v) is 2.45. The fourth-order valence-electron chi connectivity index (χ4n) is 1.60. The Morgan fingerprint density at radius 1 is 0.947 bits per heavy atom. The van der Waals surface area contributed by atoms with Gasteiger partial charge in [0.1, 0.15) is 5.82 Å². The summed E-state index contributed by atoms with van der Waals surface area (Å²) in [6.45, 7) is 0. The van der Waals surface area contributed by atoms with E-state index in [9.17, 15) is 17.6 Å². The van der Waals surface area contributed by atoms with Crippen molar-refractivity contribution in [2.45, 2.75) is 6.18 Å². The predicted octanol–water partition coefficient (Wildman–Crippen LogP) is 4.17. The van der Waals surface area contributed by atoms with Gasteiger partial charge in [-0.3, -0.25) is 0 Å². The number of rotatable bonds is 2. The topological polar surface area (TPSA) is 38.0 Å². The second-order valence-corrected chi connectivity index (χ2v) is 3.94. The minimum atomic E-state index is -4.72. The summed E-state index contributed by atoms with van der Waals surface area (Å²) in [6.07, 6.45) is -4.72. The molecule has 0 saturated carbocycles. The second kappa shape index (κ2) is 4.79. The number of nitrogen functional groups attached to an aromatic ring is 1. The van der Waals surface area contributed by atoms with Gasteiger partial charge in [0.25, 0.3) is 0 Å². The Morgan fingerprint density at radius 2 is 1.63 bits per heavy atom. The van der Waals surface area contributed by atoms with Gasteiger partial charge < -0.3 is 11.1 Å². The van der Waals surface area contributed by atoms with Crippen molar-refractivity contribution in [3.63, 3.8) is 0 Å². The predicted molar refractivity (Wildman–Crippen MR) is 65.5 cm³/mol. The molecule has 0 saturated heterocycles. The average Bonchev–Trinajstić information content (AvgIpc) is 2.30. The van der Waals surface area contributed by atoms with Crippen LogP contribution in [0.5, 0.6) is 0 Å². The van der Waals surface area contributed by atoms with Gasteiger partial charge in [-0.05, 0) is 36.4 Å². The molecule has 3 N–H and O–H groups in total. The molecule has 2 aromatic rings. The zero-order valence-corrected chi connectivity index (χ0v) is 9.63. The molecule has 0 atom stereocenters. The van der Waals surface area contributed by atoms with Crippen molar-refractivity contribution < 1.29 is 17.6 Å². The van der Waals surface area contributed by atoms with Crippen LogP contribution in [-0.2, 0) is 6.18 Å². The van der Waals surface area contributed by atoms with E-state index in [1.807, 2.05) is 0 Å². The van der Waals surface area contributed by atoms with E-state index in [1.165, 1.54) is 6.07 Å².